The lowest BCUT2D eigenvalue weighted by Gasteiger charge is -2.22. The smallest absolute Gasteiger partial charge is 0.243 e. The Bertz CT molecular complexity index is 1160. The average molecular weight is 467 g/mol. The van der Waals surface area contributed by atoms with E-state index in [4.69, 9.17) is 23.2 Å². The minimum atomic E-state index is -4.01. The molecule has 30 heavy (non-hydrogen) atoms. The average Bonchev–Trinajstić information content (AvgIpc) is 2.70. The molecule has 0 fully saturated rings. The summed E-state index contributed by atoms with van der Waals surface area (Å²) in [6.45, 7) is -0.642. The van der Waals surface area contributed by atoms with Gasteiger partial charge < -0.3 is 5.32 Å². The Kier molecular flexibility index (Phi) is 7.10. The normalized spacial score (nSPS) is 11.5. The number of benzene rings is 3. The zero-order chi connectivity index (χ0) is 21.7. The van der Waals surface area contributed by atoms with Crippen molar-refractivity contribution < 1.29 is 17.6 Å². The van der Waals surface area contributed by atoms with Gasteiger partial charge in [0.25, 0.3) is 0 Å². The number of nitrogens with one attached hydrogen (secondary N) is 1. The van der Waals surface area contributed by atoms with Crippen molar-refractivity contribution in [3.05, 3.63) is 94.2 Å². The molecule has 5 nitrogen and oxygen atoms in total. The van der Waals surface area contributed by atoms with Crippen LogP contribution in [0.15, 0.2) is 77.7 Å². The Balaban J connectivity index is 1.89. The van der Waals surface area contributed by atoms with Gasteiger partial charge in [-0.2, -0.15) is 4.31 Å². The highest BCUT2D eigenvalue weighted by atomic mass is 35.5. The van der Waals surface area contributed by atoms with E-state index in [1.807, 2.05) is 0 Å². The molecular formula is C21H17Cl2FN2O3S. The first-order valence-corrected chi connectivity index (χ1v) is 11.0. The maximum absolute atomic E-state index is 13.4. The molecule has 0 saturated carbocycles. The lowest BCUT2D eigenvalue weighted by atomic mass is 10.2. The van der Waals surface area contributed by atoms with Crippen LogP contribution in [0.2, 0.25) is 10.0 Å². The van der Waals surface area contributed by atoms with Crippen molar-refractivity contribution in [2.45, 2.75) is 11.4 Å². The summed E-state index contributed by atoms with van der Waals surface area (Å²) in [6, 6.07) is 17.8. The van der Waals surface area contributed by atoms with Crippen molar-refractivity contribution in [2.75, 3.05) is 11.9 Å². The second-order valence-corrected chi connectivity index (χ2v) is 9.16. The molecule has 0 aliphatic carbocycles. The standard InChI is InChI=1S/C21H17Cl2FN2O3S/c22-16-10-9-15(20(23)11-16)13-26(30(28,29)19-7-2-1-3-8-19)14-21(27)25-18-6-4-5-17(24)12-18/h1-12H,13-14H2,(H,25,27). The van der Waals surface area contributed by atoms with E-state index in [1.54, 1.807) is 30.3 Å². The number of amides is 1. The van der Waals surface area contributed by atoms with E-state index >= 15 is 0 Å². The molecule has 0 radical (unpaired) electrons. The van der Waals surface area contributed by atoms with Gasteiger partial charge in [-0.25, -0.2) is 12.8 Å². The lowest BCUT2D eigenvalue weighted by molar-refractivity contribution is -0.116. The van der Waals surface area contributed by atoms with Crippen LogP contribution in [0.5, 0.6) is 0 Å². The van der Waals surface area contributed by atoms with Gasteiger partial charge in [0.2, 0.25) is 15.9 Å². The van der Waals surface area contributed by atoms with Crippen molar-refractivity contribution in [2.24, 2.45) is 0 Å². The zero-order valence-electron chi connectivity index (χ0n) is 15.6. The Morgan fingerprint density at radius 2 is 1.70 bits per heavy atom. The second-order valence-electron chi connectivity index (χ2n) is 6.38. The van der Waals surface area contributed by atoms with E-state index in [2.05, 4.69) is 5.32 Å². The predicted molar refractivity (Wildman–Crippen MR) is 116 cm³/mol. The molecule has 0 bridgehead atoms. The van der Waals surface area contributed by atoms with Gasteiger partial charge in [-0.3, -0.25) is 4.79 Å². The van der Waals surface area contributed by atoms with Crippen LogP contribution in [0.1, 0.15) is 5.56 Å². The zero-order valence-corrected chi connectivity index (χ0v) is 17.9. The monoisotopic (exact) mass is 466 g/mol. The van der Waals surface area contributed by atoms with Crippen molar-refractivity contribution >= 4 is 44.8 Å². The van der Waals surface area contributed by atoms with Crippen LogP contribution in [0, 0.1) is 5.82 Å². The van der Waals surface area contributed by atoms with Crippen molar-refractivity contribution in [1.29, 1.82) is 0 Å². The third-order valence-corrected chi connectivity index (χ3v) is 6.56. The summed E-state index contributed by atoms with van der Waals surface area (Å²) in [7, 11) is -4.01. The molecule has 3 aromatic rings. The molecule has 1 N–H and O–H groups in total. The Labute approximate surface area is 184 Å². The van der Waals surface area contributed by atoms with Crippen LogP contribution in [0.25, 0.3) is 0 Å². The van der Waals surface area contributed by atoms with Crippen LogP contribution in [0.3, 0.4) is 0 Å². The lowest BCUT2D eigenvalue weighted by Crippen LogP contribution is -2.37. The molecular weight excluding hydrogens is 450 g/mol. The van der Waals surface area contributed by atoms with E-state index in [-0.39, 0.29) is 22.2 Å². The van der Waals surface area contributed by atoms with Gasteiger partial charge in [-0.15, -0.1) is 0 Å². The van der Waals surface area contributed by atoms with Crippen LogP contribution in [-0.4, -0.2) is 25.2 Å². The molecule has 0 aliphatic heterocycles. The maximum atomic E-state index is 13.4. The second kappa shape index (κ2) is 9.57. The third-order valence-electron chi connectivity index (χ3n) is 4.17. The summed E-state index contributed by atoms with van der Waals surface area (Å²) in [6.07, 6.45) is 0. The predicted octanol–water partition coefficient (Wildman–Crippen LogP) is 4.96. The highest BCUT2D eigenvalue weighted by Crippen LogP contribution is 2.25. The number of carbonyl (C=O) groups is 1. The maximum Gasteiger partial charge on any atom is 0.243 e. The summed E-state index contributed by atoms with van der Waals surface area (Å²) >= 11 is 12.1. The molecule has 0 saturated heterocycles. The minimum absolute atomic E-state index is 0.0358. The Morgan fingerprint density at radius 3 is 2.37 bits per heavy atom. The van der Waals surface area contributed by atoms with Crippen molar-refractivity contribution in [3.63, 3.8) is 0 Å². The first kappa shape index (κ1) is 22.2. The van der Waals surface area contributed by atoms with Crippen LogP contribution in [0.4, 0.5) is 10.1 Å². The highest BCUT2D eigenvalue weighted by molar-refractivity contribution is 7.89. The molecule has 1 amide bonds. The van der Waals surface area contributed by atoms with E-state index in [1.165, 1.54) is 36.4 Å². The molecule has 0 atom stereocenters. The highest BCUT2D eigenvalue weighted by Gasteiger charge is 2.27. The van der Waals surface area contributed by atoms with Crippen LogP contribution < -0.4 is 5.32 Å². The number of nitrogens with zero attached hydrogens (tertiary/aromatic N) is 1. The Hall–Kier alpha value is -2.45. The van der Waals surface area contributed by atoms with Gasteiger partial charge in [0.15, 0.2) is 0 Å². The SMILES string of the molecule is O=C(CN(Cc1ccc(Cl)cc1Cl)S(=O)(=O)c1ccccc1)Nc1cccc(F)c1. The van der Waals surface area contributed by atoms with Gasteiger partial charge >= 0.3 is 0 Å². The minimum Gasteiger partial charge on any atom is -0.325 e. The molecule has 0 aromatic heterocycles. The quantitative estimate of drug-likeness (QED) is 0.534. The molecule has 0 spiro atoms. The number of halogens is 3. The molecule has 156 valence electrons. The molecule has 3 rings (SSSR count). The van der Waals surface area contributed by atoms with E-state index in [0.29, 0.717) is 10.6 Å². The topological polar surface area (TPSA) is 66.5 Å². The number of rotatable bonds is 7. The van der Waals surface area contributed by atoms with Gasteiger partial charge in [0, 0.05) is 22.3 Å². The van der Waals surface area contributed by atoms with Gasteiger partial charge in [0.1, 0.15) is 5.82 Å². The summed E-state index contributed by atoms with van der Waals surface area (Å²) in [5, 5.41) is 3.19. The van der Waals surface area contributed by atoms with E-state index in [0.717, 1.165) is 10.4 Å². The number of hydrogen-bond donors (Lipinski definition) is 1. The fourth-order valence-electron chi connectivity index (χ4n) is 2.73. The Morgan fingerprint density at radius 1 is 0.967 bits per heavy atom. The molecule has 0 unspecified atom stereocenters. The first-order valence-electron chi connectivity index (χ1n) is 8.80. The number of carbonyl (C=O) groups excluding carboxylic acids is 1. The van der Waals surface area contributed by atoms with E-state index < -0.39 is 28.3 Å². The summed E-state index contributed by atoms with van der Waals surface area (Å²) < 4.78 is 40.7. The van der Waals surface area contributed by atoms with Crippen molar-refractivity contribution in [3.8, 4) is 0 Å². The molecule has 0 aliphatic rings. The van der Waals surface area contributed by atoms with Gasteiger partial charge in [-0.1, -0.05) is 53.5 Å². The number of hydrogen-bond acceptors (Lipinski definition) is 3. The molecule has 0 heterocycles. The largest absolute Gasteiger partial charge is 0.325 e. The number of anilines is 1. The first-order chi connectivity index (χ1) is 14.3. The summed E-state index contributed by atoms with van der Waals surface area (Å²) in [4.78, 5) is 12.6. The molecule has 9 heteroatoms. The van der Waals surface area contributed by atoms with Crippen LogP contribution in [-0.2, 0) is 21.4 Å². The fraction of sp³-hybridized carbons (Fsp3) is 0.0952. The number of sulfonamides is 1. The van der Waals surface area contributed by atoms with Crippen LogP contribution >= 0.6 is 23.2 Å². The van der Waals surface area contributed by atoms with E-state index in [9.17, 15) is 17.6 Å². The van der Waals surface area contributed by atoms with Crippen molar-refractivity contribution in [1.82, 2.24) is 4.31 Å². The summed E-state index contributed by atoms with van der Waals surface area (Å²) in [5.74, 6) is -1.14. The molecule has 3 aromatic carbocycles. The third kappa shape index (κ3) is 5.58. The van der Waals surface area contributed by atoms with Gasteiger partial charge in [-0.05, 0) is 48.0 Å². The fourth-order valence-corrected chi connectivity index (χ4v) is 4.60. The van der Waals surface area contributed by atoms with Gasteiger partial charge in [0.05, 0.1) is 11.4 Å². The summed E-state index contributed by atoms with van der Waals surface area (Å²) in [5.41, 5.74) is 0.709.